The Balaban J connectivity index is 1.86. The number of anilines is 1. The summed E-state index contributed by atoms with van der Waals surface area (Å²) in [6.45, 7) is 2.02. The molecule has 1 aromatic heterocycles. The maximum Gasteiger partial charge on any atom is 0.269 e. The molecule has 3 aromatic rings. The zero-order valence-electron chi connectivity index (χ0n) is 12.0. The van der Waals surface area contributed by atoms with Crippen LogP contribution in [0.4, 0.5) is 5.69 Å². The molecule has 0 saturated heterocycles. The number of benzene rings is 2. The Morgan fingerprint density at radius 3 is 2.41 bits per heavy atom. The molecule has 0 saturated carbocycles. The van der Waals surface area contributed by atoms with Crippen LogP contribution in [0.2, 0.25) is 0 Å². The van der Waals surface area contributed by atoms with Crippen molar-refractivity contribution in [2.24, 2.45) is 0 Å². The topological polar surface area (TPSA) is 49.3 Å². The lowest BCUT2D eigenvalue weighted by molar-refractivity contribution is 0.102. The first kappa shape index (κ1) is 14.4. The molecule has 4 heteroatoms. The highest BCUT2D eigenvalue weighted by atomic mass is 32.1. The Morgan fingerprint density at radius 1 is 1.05 bits per heavy atom. The zero-order valence-corrected chi connectivity index (χ0v) is 12.9. The van der Waals surface area contributed by atoms with Crippen molar-refractivity contribution in [1.82, 2.24) is 0 Å². The molecule has 0 radical (unpaired) electrons. The number of aryl methyl sites for hydroxylation is 1. The Kier molecular flexibility index (Phi) is 3.94. The molecule has 1 amide bonds. The number of thiophene rings is 1. The summed E-state index contributed by atoms with van der Waals surface area (Å²) in [7, 11) is 0. The third kappa shape index (κ3) is 3.02. The average molecular weight is 309 g/mol. The van der Waals surface area contributed by atoms with E-state index in [1.54, 1.807) is 6.07 Å². The second kappa shape index (κ2) is 6.03. The third-order valence-corrected chi connectivity index (χ3v) is 4.46. The second-order valence-corrected chi connectivity index (χ2v) is 6.06. The van der Waals surface area contributed by atoms with E-state index in [-0.39, 0.29) is 11.7 Å². The fourth-order valence-electron chi connectivity index (χ4n) is 2.11. The maximum atomic E-state index is 12.3. The van der Waals surface area contributed by atoms with E-state index >= 15 is 0 Å². The number of carbonyl (C=O) groups is 1. The Morgan fingerprint density at radius 2 is 1.73 bits per heavy atom. The minimum absolute atomic E-state index is 0.00834. The van der Waals surface area contributed by atoms with Crippen molar-refractivity contribution in [3.05, 3.63) is 71.1 Å². The number of carbonyl (C=O) groups excluding carboxylic acids is 1. The molecule has 0 fully saturated rings. The summed E-state index contributed by atoms with van der Waals surface area (Å²) in [5, 5.41) is 12.8. The summed E-state index contributed by atoms with van der Waals surface area (Å²) in [6, 6.07) is 18.8. The first-order valence-electron chi connectivity index (χ1n) is 6.90. The molecule has 2 aromatic carbocycles. The van der Waals surface area contributed by atoms with Crippen molar-refractivity contribution in [3.63, 3.8) is 0 Å². The molecule has 0 spiro atoms. The van der Waals surface area contributed by atoms with Crippen molar-refractivity contribution in [1.29, 1.82) is 0 Å². The number of aromatic hydroxyl groups is 1. The summed E-state index contributed by atoms with van der Waals surface area (Å²) >= 11 is 1.28. The highest BCUT2D eigenvalue weighted by Gasteiger charge is 2.16. The number of nitrogens with one attached hydrogen (secondary N) is 1. The van der Waals surface area contributed by atoms with E-state index in [0.717, 1.165) is 10.4 Å². The van der Waals surface area contributed by atoms with Gasteiger partial charge in [0.05, 0.1) is 0 Å². The van der Waals surface area contributed by atoms with Crippen LogP contribution in [-0.4, -0.2) is 11.0 Å². The third-order valence-electron chi connectivity index (χ3n) is 3.29. The summed E-state index contributed by atoms with van der Waals surface area (Å²) in [5.41, 5.74) is 2.87. The SMILES string of the molecule is Cc1ccc(-c2cc(O)c(C(=O)Nc3ccccc3)s2)cc1. The molecule has 0 unspecified atom stereocenters. The van der Waals surface area contributed by atoms with Crippen molar-refractivity contribution >= 4 is 22.9 Å². The van der Waals surface area contributed by atoms with Gasteiger partial charge in [0.15, 0.2) is 0 Å². The van der Waals surface area contributed by atoms with Gasteiger partial charge in [0.1, 0.15) is 10.6 Å². The molecule has 0 atom stereocenters. The molecule has 0 aliphatic heterocycles. The van der Waals surface area contributed by atoms with Gasteiger partial charge in [-0.15, -0.1) is 11.3 Å². The van der Waals surface area contributed by atoms with Gasteiger partial charge < -0.3 is 10.4 Å². The molecule has 110 valence electrons. The van der Waals surface area contributed by atoms with Crippen LogP contribution in [-0.2, 0) is 0 Å². The lowest BCUT2D eigenvalue weighted by Gasteiger charge is -2.03. The van der Waals surface area contributed by atoms with E-state index in [0.29, 0.717) is 10.6 Å². The predicted octanol–water partition coefficient (Wildman–Crippen LogP) is 4.68. The predicted molar refractivity (Wildman–Crippen MR) is 90.6 cm³/mol. The fourth-order valence-corrected chi connectivity index (χ4v) is 3.07. The molecular weight excluding hydrogens is 294 g/mol. The van der Waals surface area contributed by atoms with Crippen LogP contribution >= 0.6 is 11.3 Å². The van der Waals surface area contributed by atoms with E-state index in [9.17, 15) is 9.90 Å². The minimum atomic E-state index is -0.299. The maximum absolute atomic E-state index is 12.3. The first-order valence-corrected chi connectivity index (χ1v) is 7.71. The molecule has 0 aliphatic carbocycles. The van der Waals surface area contributed by atoms with Crippen molar-refractivity contribution in [2.75, 3.05) is 5.32 Å². The van der Waals surface area contributed by atoms with Gasteiger partial charge in [-0.3, -0.25) is 4.79 Å². The fraction of sp³-hybridized carbons (Fsp3) is 0.0556. The molecular formula is C18H15NO2S. The van der Waals surface area contributed by atoms with Crippen molar-refractivity contribution < 1.29 is 9.90 Å². The van der Waals surface area contributed by atoms with Crippen LogP contribution in [0.15, 0.2) is 60.7 Å². The molecule has 0 bridgehead atoms. The van der Waals surface area contributed by atoms with Crippen LogP contribution in [0, 0.1) is 6.92 Å². The Bertz CT molecular complexity index is 792. The normalized spacial score (nSPS) is 10.4. The summed E-state index contributed by atoms with van der Waals surface area (Å²) in [5.74, 6) is -0.291. The number of hydrogen-bond donors (Lipinski definition) is 2. The van der Waals surface area contributed by atoms with E-state index in [2.05, 4.69) is 5.32 Å². The highest BCUT2D eigenvalue weighted by molar-refractivity contribution is 7.17. The molecule has 3 rings (SSSR count). The lowest BCUT2D eigenvalue weighted by Crippen LogP contribution is -2.09. The van der Waals surface area contributed by atoms with Crippen LogP contribution in [0.25, 0.3) is 10.4 Å². The van der Waals surface area contributed by atoms with E-state index < -0.39 is 0 Å². The van der Waals surface area contributed by atoms with E-state index in [1.807, 2.05) is 61.5 Å². The Hall–Kier alpha value is -2.59. The number of amides is 1. The lowest BCUT2D eigenvalue weighted by atomic mass is 10.1. The quantitative estimate of drug-likeness (QED) is 0.738. The van der Waals surface area contributed by atoms with Gasteiger partial charge in [0, 0.05) is 10.6 Å². The van der Waals surface area contributed by atoms with E-state index in [1.165, 1.54) is 16.9 Å². The largest absolute Gasteiger partial charge is 0.506 e. The number of hydrogen-bond acceptors (Lipinski definition) is 3. The van der Waals surface area contributed by atoms with Gasteiger partial charge in [-0.1, -0.05) is 48.0 Å². The van der Waals surface area contributed by atoms with Crippen molar-refractivity contribution in [3.8, 4) is 16.2 Å². The molecule has 3 nitrogen and oxygen atoms in total. The summed E-state index contributed by atoms with van der Waals surface area (Å²) in [4.78, 5) is 13.5. The van der Waals surface area contributed by atoms with Gasteiger partial charge in [-0.25, -0.2) is 0 Å². The van der Waals surface area contributed by atoms with Crippen LogP contribution < -0.4 is 5.32 Å². The van der Waals surface area contributed by atoms with Gasteiger partial charge in [-0.05, 0) is 30.7 Å². The standard InChI is InChI=1S/C18H15NO2S/c1-12-7-9-13(10-8-12)16-11-15(20)17(22-16)18(21)19-14-5-3-2-4-6-14/h2-11,20H,1H3,(H,19,21). The monoisotopic (exact) mass is 309 g/mol. The van der Waals surface area contributed by atoms with Gasteiger partial charge in [-0.2, -0.15) is 0 Å². The first-order chi connectivity index (χ1) is 10.6. The van der Waals surface area contributed by atoms with Gasteiger partial charge in [0.25, 0.3) is 5.91 Å². The van der Waals surface area contributed by atoms with Crippen LogP contribution in [0.5, 0.6) is 5.75 Å². The van der Waals surface area contributed by atoms with Crippen LogP contribution in [0.3, 0.4) is 0 Å². The van der Waals surface area contributed by atoms with Gasteiger partial charge in [0.2, 0.25) is 0 Å². The molecule has 0 aliphatic rings. The molecule has 1 heterocycles. The van der Waals surface area contributed by atoms with Gasteiger partial charge >= 0.3 is 0 Å². The van der Waals surface area contributed by atoms with Crippen LogP contribution in [0.1, 0.15) is 15.2 Å². The summed E-state index contributed by atoms with van der Waals surface area (Å²) < 4.78 is 0. The average Bonchev–Trinajstić information content (AvgIpc) is 2.91. The zero-order chi connectivity index (χ0) is 15.5. The summed E-state index contributed by atoms with van der Waals surface area (Å²) in [6.07, 6.45) is 0. The minimum Gasteiger partial charge on any atom is -0.506 e. The number of rotatable bonds is 3. The van der Waals surface area contributed by atoms with Crippen molar-refractivity contribution in [2.45, 2.75) is 6.92 Å². The Labute approximate surface area is 132 Å². The molecule has 2 N–H and O–H groups in total. The second-order valence-electron chi connectivity index (χ2n) is 5.01. The molecule has 22 heavy (non-hydrogen) atoms. The van der Waals surface area contributed by atoms with E-state index in [4.69, 9.17) is 0 Å². The number of para-hydroxylation sites is 1. The smallest absolute Gasteiger partial charge is 0.269 e. The highest BCUT2D eigenvalue weighted by Crippen LogP contribution is 2.36.